The number of unbranched alkanes of at least 4 members (excludes halogenated alkanes) is 18. The average molecular weight is 471 g/mol. The highest BCUT2D eigenvalue weighted by molar-refractivity contribution is 5.75. The molecular weight excluding hydrogens is 416 g/mol. The van der Waals surface area contributed by atoms with Gasteiger partial charge in [-0.15, -0.1) is 0 Å². The SMILES string of the molecule is CCCCCCCCCCCCC(OC(CCCCCCCCCCCC)C(=O)O)C(=O)O. The molecule has 0 rings (SSSR count). The number of hydrogen-bond acceptors (Lipinski definition) is 3. The van der Waals surface area contributed by atoms with Crippen LogP contribution in [0.2, 0.25) is 0 Å². The molecule has 33 heavy (non-hydrogen) atoms. The van der Waals surface area contributed by atoms with Crippen molar-refractivity contribution in [2.75, 3.05) is 0 Å². The number of carbonyl (C=O) groups is 2. The maximum Gasteiger partial charge on any atom is 0.332 e. The van der Waals surface area contributed by atoms with Gasteiger partial charge >= 0.3 is 11.9 Å². The van der Waals surface area contributed by atoms with Crippen molar-refractivity contribution in [3.8, 4) is 0 Å². The third-order valence-corrected chi connectivity index (χ3v) is 6.52. The third-order valence-electron chi connectivity index (χ3n) is 6.52. The molecule has 0 radical (unpaired) electrons. The first kappa shape index (κ1) is 31.9. The molecule has 2 N–H and O–H groups in total. The van der Waals surface area contributed by atoms with Crippen molar-refractivity contribution in [1.82, 2.24) is 0 Å². The van der Waals surface area contributed by atoms with Crippen LogP contribution in [0.25, 0.3) is 0 Å². The molecule has 2 atom stereocenters. The Labute approximate surface area is 204 Å². The molecule has 0 aliphatic rings. The summed E-state index contributed by atoms with van der Waals surface area (Å²) in [6.07, 6.45) is 22.5. The van der Waals surface area contributed by atoms with Gasteiger partial charge in [-0.25, -0.2) is 9.59 Å². The normalized spacial score (nSPS) is 13.2. The lowest BCUT2D eigenvalue weighted by Gasteiger charge is -2.19. The van der Waals surface area contributed by atoms with Gasteiger partial charge in [0.2, 0.25) is 0 Å². The van der Waals surface area contributed by atoms with E-state index in [1.807, 2.05) is 0 Å². The topological polar surface area (TPSA) is 83.8 Å². The summed E-state index contributed by atoms with van der Waals surface area (Å²) in [7, 11) is 0. The molecule has 2 unspecified atom stereocenters. The first-order valence-electron chi connectivity index (χ1n) is 14.1. The fourth-order valence-corrected chi connectivity index (χ4v) is 4.33. The first-order chi connectivity index (χ1) is 16.0. The van der Waals surface area contributed by atoms with Crippen LogP contribution in [-0.4, -0.2) is 34.4 Å². The van der Waals surface area contributed by atoms with Crippen LogP contribution in [0.3, 0.4) is 0 Å². The van der Waals surface area contributed by atoms with Gasteiger partial charge in [-0.3, -0.25) is 0 Å². The number of rotatable bonds is 26. The van der Waals surface area contributed by atoms with E-state index in [9.17, 15) is 19.8 Å². The van der Waals surface area contributed by atoms with Gasteiger partial charge in [0.1, 0.15) is 0 Å². The predicted molar refractivity (Wildman–Crippen MR) is 137 cm³/mol. The number of ether oxygens (including phenoxy) is 1. The van der Waals surface area contributed by atoms with Gasteiger partial charge < -0.3 is 14.9 Å². The Balaban J connectivity index is 3.93. The zero-order chi connectivity index (χ0) is 24.6. The molecule has 5 nitrogen and oxygen atoms in total. The summed E-state index contributed by atoms with van der Waals surface area (Å²) in [5.41, 5.74) is 0. The third kappa shape index (κ3) is 21.2. The molecule has 0 saturated heterocycles. The summed E-state index contributed by atoms with van der Waals surface area (Å²) in [5, 5.41) is 19.0. The van der Waals surface area contributed by atoms with E-state index in [-0.39, 0.29) is 0 Å². The molecule has 5 heteroatoms. The van der Waals surface area contributed by atoms with E-state index >= 15 is 0 Å². The van der Waals surface area contributed by atoms with Crippen LogP contribution >= 0.6 is 0 Å². The van der Waals surface area contributed by atoms with Gasteiger partial charge in [0.25, 0.3) is 0 Å². The van der Waals surface area contributed by atoms with Gasteiger partial charge in [0, 0.05) is 0 Å². The minimum atomic E-state index is -1.04. The first-order valence-corrected chi connectivity index (χ1v) is 14.1. The van der Waals surface area contributed by atoms with Gasteiger partial charge in [-0.2, -0.15) is 0 Å². The van der Waals surface area contributed by atoms with Gasteiger partial charge in [0.15, 0.2) is 12.2 Å². The highest BCUT2D eigenvalue weighted by atomic mass is 16.5. The van der Waals surface area contributed by atoms with Crippen molar-refractivity contribution in [2.24, 2.45) is 0 Å². The van der Waals surface area contributed by atoms with E-state index in [1.165, 1.54) is 89.9 Å². The largest absolute Gasteiger partial charge is 0.479 e. The average Bonchev–Trinajstić information content (AvgIpc) is 2.79. The van der Waals surface area contributed by atoms with Crippen LogP contribution in [-0.2, 0) is 14.3 Å². The summed E-state index contributed by atoms with van der Waals surface area (Å²) in [6.45, 7) is 4.45. The molecule has 0 heterocycles. The van der Waals surface area contributed by atoms with Gasteiger partial charge in [-0.05, 0) is 12.8 Å². The molecule has 0 aromatic carbocycles. The van der Waals surface area contributed by atoms with Gasteiger partial charge in [0.05, 0.1) is 0 Å². The van der Waals surface area contributed by atoms with E-state index in [0.717, 1.165) is 38.5 Å². The Bertz CT molecular complexity index is 412. The summed E-state index contributed by atoms with van der Waals surface area (Å²) in [6, 6.07) is 0. The lowest BCUT2D eigenvalue weighted by molar-refractivity contribution is -0.166. The van der Waals surface area contributed by atoms with Crippen LogP contribution in [0.15, 0.2) is 0 Å². The highest BCUT2D eigenvalue weighted by Gasteiger charge is 2.26. The predicted octanol–water partition coefficient (Wildman–Crippen LogP) is 8.53. The molecule has 0 bridgehead atoms. The van der Waals surface area contributed by atoms with Crippen molar-refractivity contribution in [3.63, 3.8) is 0 Å². The minimum Gasteiger partial charge on any atom is -0.479 e. The van der Waals surface area contributed by atoms with E-state index in [4.69, 9.17) is 4.74 Å². The lowest BCUT2D eigenvalue weighted by atomic mass is 10.0. The summed E-state index contributed by atoms with van der Waals surface area (Å²) in [5.74, 6) is -2.08. The molecule has 0 aromatic heterocycles. The Hall–Kier alpha value is -1.10. The number of hydrogen-bond donors (Lipinski definition) is 2. The van der Waals surface area contributed by atoms with E-state index in [2.05, 4.69) is 13.8 Å². The Morgan fingerprint density at radius 1 is 0.485 bits per heavy atom. The zero-order valence-electron chi connectivity index (χ0n) is 21.8. The molecule has 0 fully saturated rings. The summed E-state index contributed by atoms with van der Waals surface area (Å²) in [4.78, 5) is 23.1. The van der Waals surface area contributed by atoms with E-state index in [1.54, 1.807) is 0 Å². The number of aliphatic carboxylic acids is 2. The van der Waals surface area contributed by atoms with E-state index < -0.39 is 24.1 Å². The zero-order valence-corrected chi connectivity index (χ0v) is 21.8. The second-order valence-corrected chi connectivity index (χ2v) is 9.73. The Morgan fingerprint density at radius 2 is 0.727 bits per heavy atom. The number of carboxylic acid groups (broad SMARTS) is 2. The maximum atomic E-state index is 11.6. The molecule has 0 aliphatic heterocycles. The smallest absolute Gasteiger partial charge is 0.332 e. The van der Waals surface area contributed by atoms with Gasteiger partial charge in [-0.1, -0.05) is 142 Å². The molecule has 0 saturated carbocycles. The van der Waals surface area contributed by atoms with Crippen molar-refractivity contribution >= 4 is 11.9 Å². The van der Waals surface area contributed by atoms with Crippen LogP contribution in [0.4, 0.5) is 0 Å². The van der Waals surface area contributed by atoms with Crippen molar-refractivity contribution in [2.45, 2.75) is 167 Å². The summed E-state index contributed by atoms with van der Waals surface area (Å²) >= 11 is 0. The van der Waals surface area contributed by atoms with Crippen LogP contribution in [0.5, 0.6) is 0 Å². The Kier molecular flexibility index (Phi) is 23.2. The van der Waals surface area contributed by atoms with Crippen molar-refractivity contribution in [1.29, 1.82) is 0 Å². The fraction of sp³-hybridized carbons (Fsp3) is 0.929. The minimum absolute atomic E-state index is 0.396. The van der Waals surface area contributed by atoms with E-state index in [0.29, 0.717) is 12.8 Å². The second kappa shape index (κ2) is 24.0. The van der Waals surface area contributed by atoms with Crippen LogP contribution in [0, 0.1) is 0 Å². The fourth-order valence-electron chi connectivity index (χ4n) is 4.33. The standard InChI is InChI=1S/C28H54O5/c1-3-5-7-9-11-13-15-17-19-21-23-25(27(29)30)33-26(28(31)32)24-22-20-18-16-14-12-10-8-6-4-2/h25-26H,3-24H2,1-2H3,(H,29,30)(H,31,32). The molecule has 0 aromatic rings. The maximum absolute atomic E-state index is 11.6. The van der Waals surface area contributed by atoms with Crippen molar-refractivity contribution < 1.29 is 24.5 Å². The lowest BCUT2D eigenvalue weighted by Crippen LogP contribution is -2.34. The quantitative estimate of drug-likeness (QED) is 0.124. The van der Waals surface area contributed by atoms with Crippen LogP contribution < -0.4 is 0 Å². The highest BCUT2D eigenvalue weighted by Crippen LogP contribution is 2.17. The molecule has 0 amide bonds. The molecular formula is C28H54O5. The van der Waals surface area contributed by atoms with Crippen molar-refractivity contribution in [3.05, 3.63) is 0 Å². The molecule has 196 valence electrons. The second-order valence-electron chi connectivity index (χ2n) is 9.73. The number of carboxylic acids is 2. The summed E-state index contributed by atoms with van der Waals surface area (Å²) < 4.78 is 5.54. The van der Waals surface area contributed by atoms with Crippen LogP contribution in [0.1, 0.15) is 155 Å². The monoisotopic (exact) mass is 470 g/mol. The Morgan fingerprint density at radius 3 is 0.970 bits per heavy atom. The molecule has 0 aliphatic carbocycles. The molecule has 0 spiro atoms.